The van der Waals surface area contributed by atoms with Crippen LogP contribution < -0.4 is 11.1 Å². The van der Waals surface area contributed by atoms with E-state index in [0.717, 1.165) is 0 Å². The van der Waals surface area contributed by atoms with Crippen LogP contribution in [0, 0.1) is 5.41 Å². The third-order valence-electron chi connectivity index (χ3n) is 3.01. The van der Waals surface area contributed by atoms with Crippen molar-refractivity contribution in [1.29, 1.82) is 0 Å². The number of carbonyl (C=O) groups excluding carboxylic acids is 1. The van der Waals surface area contributed by atoms with Crippen molar-refractivity contribution >= 4 is 5.91 Å². The number of rotatable bonds is 4. The zero-order valence-electron chi connectivity index (χ0n) is 13.1. The standard InChI is InChI=1S/C14H30N2O2/c1-9(18-14(6,7)8)11(15)12(17)16-10(2)13(3,4)5/h9-11H,15H2,1-8H3,(H,16,17)/t9-,10?,11+/m1/s1. The van der Waals surface area contributed by atoms with Crippen molar-refractivity contribution in [2.75, 3.05) is 0 Å². The summed E-state index contributed by atoms with van der Waals surface area (Å²) in [7, 11) is 0. The SMILES string of the molecule is CC(NC(=O)[C@@H](N)[C@@H](C)OC(C)(C)C)C(C)(C)C. The van der Waals surface area contributed by atoms with Crippen molar-refractivity contribution < 1.29 is 9.53 Å². The first kappa shape index (κ1) is 17.4. The van der Waals surface area contributed by atoms with E-state index >= 15 is 0 Å². The lowest BCUT2D eigenvalue weighted by molar-refractivity contribution is -0.130. The van der Waals surface area contributed by atoms with E-state index in [1.54, 1.807) is 0 Å². The monoisotopic (exact) mass is 258 g/mol. The number of amides is 1. The lowest BCUT2D eigenvalue weighted by atomic mass is 9.88. The highest BCUT2D eigenvalue weighted by Crippen LogP contribution is 2.19. The Bertz CT molecular complexity index is 276. The Morgan fingerprint density at radius 3 is 1.89 bits per heavy atom. The maximum absolute atomic E-state index is 12.0. The van der Waals surface area contributed by atoms with Gasteiger partial charge in [-0.3, -0.25) is 4.79 Å². The lowest BCUT2D eigenvalue weighted by Gasteiger charge is -2.32. The van der Waals surface area contributed by atoms with Crippen LogP contribution in [0.4, 0.5) is 0 Å². The molecule has 0 fully saturated rings. The molecule has 0 aliphatic heterocycles. The van der Waals surface area contributed by atoms with Gasteiger partial charge in [-0.1, -0.05) is 20.8 Å². The summed E-state index contributed by atoms with van der Waals surface area (Å²) in [5.41, 5.74) is 5.64. The summed E-state index contributed by atoms with van der Waals surface area (Å²) < 4.78 is 5.70. The summed E-state index contributed by atoms with van der Waals surface area (Å²) in [6.45, 7) is 15.9. The lowest BCUT2D eigenvalue weighted by Crippen LogP contribution is -2.53. The van der Waals surface area contributed by atoms with Crippen molar-refractivity contribution in [2.24, 2.45) is 11.1 Å². The topological polar surface area (TPSA) is 64.4 Å². The van der Waals surface area contributed by atoms with E-state index < -0.39 is 6.04 Å². The van der Waals surface area contributed by atoms with E-state index in [4.69, 9.17) is 10.5 Å². The molecular formula is C14H30N2O2. The van der Waals surface area contributed by atoms with Gasteiger partial charge in [0.05, 0.1) is 11.7 Å². The minimum atomic E-state index is -0.644. The first-order valence-electron chi connectivity index (χ1n) is 6.58. The molecule has 3 atom stereocenters. The largest absolute Gasteiger partial charge is 0.371 e. The number of hydrogen-bond acceptors (Lipinski definition) is 3. The second-order valence-electron chi connectivity index (χ2n) is 7.06. The predicted molar refractivity (Wildman–Crippen MR) is 75.3 cm³/mol. The molecule has 0 aliphatic rings. The summed E-state index contributed by atoms with van der Waals surface area (Å²) in [4.78, 5) is 12.0. The third kappa shape index (κ3) is 6.36. The quantitative estimate of drug-likeness (QED) is 0.811. The smallest absolute Gasteiger partial charge is 0.239 e. The molecule has 0 rings (SSSR count). The van der Waals surface area contributed by atoms with Crippen LogP contribution in [0.3, 0.4) is 0 Å². The first-order chi connectivity index (χ1) is 7.84. The number of nitrogens with two attached hydrogens (primary N) is 1. The molecule has 0 spiro atoms. The van der Waals surface area contributed by atoms with Crippen LogP contribution in [0.25, 0.3) is 0 Å². The van der Waals surface area contributed by atoms with E-state index in [1.807, 2.05) is 34.6 Å². The Morgan fingerprint density at radius 2 is 1.56 bits per heavy atom. The molecule has 1 unspecified atom stereocenters. The van der Waals surface area contributed by atoms with Gasteiger partial charge in [0.2, 0.25) is 5.91 Å². The highest BCUT2D eigenvalue weighted by atomic mass is 16.5. The average Bonchev–Trinajstić information content (AvgIpc) is 2.11. The van der Waals surface area contributed by atoms with Crippen LogP contribution in [0.5, 0.6) is 0 Å². The highest BCUT2D eigenvalue weighted by molar-refractivity contribution is 5.82. The Balaban J connectivity index is 4.43. The van der Waals surface area contributed by atoms with E-state index in [9.17, 15) is 4.79 Å². The van der Waals surface area contributed by atoms with E-state index in [-0.39, 0.29) is 29.1 Å². The van der Waals surface area contributed by atoms with Crippen molar-refractivity contribution in [3.8, 4) is 0 Å². The van der Waals surface area contributed by atoms with Crippen molar-refractivity contribution in [3.63, 3.8) is 0 Å². The molecule has 3 N–H and O–H groups in total. The zero-order chi connectivity index (χ0) is 14.7. The molecule has 0 heterocycles. The van der Waals surface area contributed by atoms with Crippen molar-refractivity contribution in [1.82, 2.24) is 5.32 Å². The number of ether oxygens (including phenoxy) is 1. The Hall–Kier alpha value is -0.610. The molecule has 18 heavy (non-hydrogen) atoms. The number of nitrogens with one attached hydrogen (secondary N) is 1. The molecular weight excluding hydrogens is 228 g/mol. The summed E-state index contributed by atoms with van der Waals surface area (Å²) in [6, 6.07) is -0.577. The van der Waals surface area contributed by atoms with Gasteiger partial charge >= 0.3 is 0 Å². The van der Waals surface area contributed by atoms with Gasteiger partial charge in [0.25, 0.3) is 0 Å². The van der Waals surface area contributed by atoms with Crippen LogP contribution in [-0.2, 0) is 9.53 Å². The summed E-state index contributed by atoms with van der Waals surface area (Å²) in [5, 5.41) is 2.94. The Kier molecular flexibility index (Phi) is 5.82. The summed E-state index contributed by atoms with van der Waals surface area (Å²) >= 11 is 0. The van der Waals surface area contributed by atoms with Crippen LogP contribution >= 0.6 is 0 Å². The fraction of sp³-hybridized carbons (Fsp3) is 0.929. The molecule has 0 radical (unpaired) electrons. The van der Waals surface area contributed by atoms with Crippen LogP contribution in [-0.4, -0.2) is 29.7 Å². The molecule has 0 saturated heterocycles. The minimum absolute atomic E-state index is 0.0174. The second-order valence-corrected chi connectivity index (χ2v) is 7.06. The first-order valence-corrected chi connectivity index (χ1v) is 6.58. The third-order valence-corrected chi connectivity index (χ3v) is 3.01. The molecule has 4 nitrogen and oxygen atoms in total. The summed E-state index contributed by atoms with van der Waals surface area (Å²) in [6.07, 6.45) is -0.308. The molecule has 1 amide bonds. The van der Waals surface area contributed by atoms with Crippen molar-refractivity contribution in [3.05, 3.63) is 0 Å². The maximum atomic E-state index is 12.0. The second kappa shape index (κ2) is 6.02. The van der Waals surface area contributed by atoms with Gasteiger partial charge in [0.1, 0.15) is 6.04 Å². The molecule has 0 aromatic heterocycles. The normalized spacial score (nSPS) is 18.1. The fourth-order valence-electron chi connectivity index (χ4n) is 1.37. The average molecular weight is 258 g/mol. The molecule has 0 aromatic rings. The zero-order valence-corrected chi connectivity index (χ0v) is 13.1. The molecule has 0 aromatic carbocycles. The van der Waals surface area contributed by atoms with Gasteiger partial charge < -0.3 is 15.8 Å². The van der Waals surface area contributed by atoms with Crippen LogP contribution in [0.1, 0.15) is 55.4 Å². The highest BCUT2D eigenvalue weighted by Gasteiger charge is 2.29. The molecule has 0 bridgehead atoms. The molecule has 0 saturated carbocycles. The van der Waals surface area contributed by atoms with Gasteiger partial charge in [-0.15, -0.1) is 0 Å². The van der Waals surface area contributed by atoms with E-state index in [2.05, 4.69) is 26.1 Å². The maximum Gasteiger partial charge on any atom is 0.239 e. The van der Waals surface area contributed by atoms with E-state index in [1.165, 1.54) is 0 Å². The summed E-state index contributed by atoms with van der Waals surface area (Å²) in [5.74, 6) is -0.158. The Morgan fingerprint density at radius 1 is 1.11 bits per heavy atom. The minimum Gasteiger partial charge on any atom is -0.371 e. The number of hydrogen-bond donors (Lipinski definition) is 2. The molecule has 0 aliphatic carbocycles. The van der Waals surface area contributed by atoms with Gasteiger partial charge in [-0.05, 0) is 40.0 Å². The number of carbonyl (C=O) groups is 1. The van der Waals surface area contributed by atoms with Gasteiger partial charge in [0.15, 0.2) is 0 Å². The Labute approximate surface area is 112 Å². The molecule has 4 heteroatoms. The van der Waals surface area contributed by atoms with Crippen LogP contribution in [0.15, 0.2) is 0 Å². The fourth-order valence-corrected chi connectivity index (χ4v) is 1.37. The van der Waals surface area contributed by atoms with Crippen molar-refractivity contribution in [2.45, 2.75) is 79.2 Å². The van der Waals surface area contributed by atoms with Gasteiger partial charge in [0, 0.05) is 6.04 Å². The predicted octanol–water partition coefficient (Wildman–Crippen LogP) is 2.07. The van der Waals surface area contributed by atoms with Gasteiger partial charge in [-0.2, -0.15) is 0 Å². The van der Waals surface area contributed by atoms with Gasteiger partial charge in [-0.25, -0.2) is 0 Å². The molecule has 108 valence electrons. The van der Waals surface area contributed by atoms with E-state index in [0.29, 0.717) is 0 Å². The van der Waals surface area contributed by atoms with Crippen LogP contribution in [0.2, 0.25) is 0 Å².